The van der Waals surface area contributed by atoms with Gasteiger partial charge in [-0.25, -0.2) is 0 Å². The van der Waals surface area contributed by atoms with Crippen LogP contribution in [-0.2, 0) is 7.05 Å². The Balaban J connectivity index is 3.17. The molecule has 0 saturated heterocycles. The third-order valence-corrected chi connectivity index (χ3v) is 2.67. The van der Waals surface area contributed by atoms with Gasteiger partial charge < -0.3 is 5.73 Å². The Hall–Kier alpha value is -0.640. The number of rotatable bonds is 2. The van der Waals surface area contributed by atoms with Crippen LogP contribution in [0.5, 0.6) is 0 Å². The minimum atomic E-state index is 0.400. The van der Waals surface area contributed by atoms with Gasteiger partial charge in [-0.3, -0.25) is 4.68 Å². The number of hydrogen-bond acceptors (Lipinski definition) is 3. The molecule has 0 atom stereocenters. The van der Waals surface area contributed by atoms with Crippen LogP contribution in [0, 0.1) is 0 Å². The van der Waals surface area contributed by atoms with Crippen LogP contribution in [0.4, 0.5) is 5.69 Å². The third kappa shape index (κ3) is 1.43. The Labute approximate surface area is 77.3 Å². The van der Waals surface area contributed by atoms with Crippen molar-refractivity contribution in [3.63, 3.8) is 0 Å². The van der Waals surface area contributed by atoms with Gasteiger partial charge in [0.05, 0.1) is 11.4 Å². The van der Waals surface area contributed by atoms with Crippen LogP contribution in [0.3, 0.4) is 0 Å². The van der Waals surface area contributed by atoms with Crippen molar-refractivity contribution in [1.82, 2.24) is 9.78 Å². The maximum atomic E-state index is 5.91. The van der Waals surface area contributed by atoms with Crippen molar-refractivity contribution < 1.29 is 0 Å². The molecule has 0 radical (unpaired) electrons. The van der Waals surface area contributed by atoms with Crippen molar-refractivity contribution >= 4 is 17.4 Å². The second-order valence-electron chi connectivity index (χ2n) is 3.09. The van der Waals surface area contributed by atoms with Crippen molar-refractivity contribution in [2.45, 2.75) is 24.8 Å². The average Bonchev–Trinajstić information content (AvgIpc) is 2.27. The molecular weight excluding hydrogens is 170 g/mol. The van der Waals surface area contributed by atoms with E-state index in [4.69, 9.17) is 5.73 Å². The van der Waals surface area contributed by atoms with Crippen LogP contribution < -0.4 is 5.73 Å². The van der Waals surface area contributed by atoms with Gasteiger partial charge in [0.1, 0.15) is 5.03 Å². The highest BCUT2D eigenvalue weighted by atomic mass is 32.2. The lowest BCUT2D eigenvalue weighted by Crippen LogP contribution is -1.94. The Kier molecular flexibility index (Phi) is 2.67. The van der Waals surface area contributed by atoms with Crippen molar-refractivity contribution in [3.8, 4) is 0 Å². The first kappa shape index (κ1) is 9.45. The van der Waals surface area contributed by atoms with E-state index in [-0.39, 0.29) is 0 Å². The van der Waals surface area contributed by atoms with Gasteiger partial charge in [-0.1, -0.05) is 13.8 Å². The number of aryl methyl sites for hydroxylation is 1. The molecule has 0 aliphatic heterocycles. The number of aromatic nitrogens is 2. The van der Waals surface area contributed by atoms with Crippen LogP contribution in [0.2, 0.25) is 0 Å². The molecule has 1 rings (SSSR count). The van der Waals surface area contributed by atoms with Gasteiger partial charge in [0, 0.05) is 7.05 Å². The highest BCUT2D eigenvalue weighted by molar-refractivity contribution is 7.98. The van der Waals surface area contributed by atoms with Crippen LogP contribution in [0.1, 0.15) is 25.5 Å². The summed E-state index contributed by atoms with van der Waals surface area (Å²) in [5.74, 6) is 0.400. The van der Waals surface area contributed by atoms with E-state index in [2.05, 4.69) is 18.9 Å². The van der Waals surface area contributed by atoms with Crippen LogP contribution in [0.15, 0.2) is 5.03 Å². The fourth-order valence-electron chi connectivity index (χ4n) is 1.21. The molecular formula is C8H15N3S. The van der Waals surface area contributed by atoms with E-state index in [1.165, 1.54) is 0 Å². The maximum absolute atomic E-state index is 5.91. The molecule has 3 nitrogen and oxygen atoms in total. The van der Waals surface area contributed by atoms with E-state index in [1.54, 1.807) is 11.8 Å². The third-order valence-electron chi connectivity index (χ3n) is 1.80. The first-order valence-electron chi connectivity index (χ1n) is 3.94. The first-order chi connectivity index (χ1) is 5.57. The summed E-state index contributed by atoms with van der Waals surface area (Å²) in [7, 11) is 1.92. The van der Waals surface area contributed by atoms with Gasteiger partial charge in [0.15, 0.2) is 0 Å². The Morgan fingerprint density at radius 2 is 2.08 bits per heavy atom. The lowest BCUT2D eigenvalue weighted by molar-refractivity contribution is 0.671. The van der Waals surface area contributed by atoms with Gasteiger partial charge >= 0.3 is 0 Å². The first-order valence-corrected chi connectivity index (χ1v) is 5.16. The van der Waals surface area contributed by atoms with E-state index in [0.717, 1.165) is 16.4 Å². The number of nitrogen functional groups attached to an aromatic ring is 1. The zero-order valence-electron chi connectivity index (χ0n) is 7.96. The SMILES string of the molecule is CSc1c(N)c(C(C)C)nn1C. The lowest BCUT2D eigenvalue weighted by atomic mass is 10.1. The molecule has 1 heterocycles. The van der Waals surface area contributed by atoms with Crippen LogP contribution >= 0.6 is 11.8 Å². The Morgan fingerprint density at radius 1 is 1.50 bits per heavy atom. The van der Waals surface area contributed by atoms with Gasteiger partial charge in [0.2, 0.25) is 0 Å². The molecule has 4 heteroatoms. The summed E-state index contributed by atoms with van der Waals surface area (Å²) in [6.45, 7) is 4.20. The molecule has 0 aromatic carbocycles. The van der Waals surface area contributed by atoms with Crippen molar-refractivity contribution in [2.24, 2.45) is 7.05 Å². The average molecular weight is 185 g/mol. The number of nitrogens with two attached hydrogens (primary N) is 1. The molecule has 1 aromatic heterocycles. The van der Waals surface area contributed by atoms with Crippen molar-refractivity contribution in [2.75, 3.05) is 12.0 Å². The number of nitrogens with zero attached hydrogens (tertiary/aromatic N) is 2. The van der Waals surface area contributed by atoms with Gasteiger partial charge in [0.25, 0.3) is 0 Å². The molecule has 2 N–H and O–H groups in total. The summed E-state index contributed by atoms with van der Waals surface area (Å²) < 4.78 is 1.84. The summed E-state index contributed by atoms with van der Waals surface area (Å²) in [5, 5.41) is 5.41. The zero-order valence-corrected chi connectivity index (χ0v) is 8.77. The van der Waals surface area contributed by atoms with E-state index in [0.29, 0.717) is 5.92 Å². The summed E-state index contributed by atoms with van der Waals surface area (Å²) >= 11 is 1.64. The van der Waals surface area contributed by atoms with Gasteiger partial charge in [-0.15, -0.1) is 11.8 Å². The number of thioether (sulfide) groups is 1. The van der Waals surface area contributed by atoms with Crippen molar-refractivity contribution in [1.29, 1.82) is 0 Å². The highest BCUT2D eigenvalue weighted by Gasteiger charge is 2.14. The second kappa shape index (κ2) is 3.39. The monoisotopic (exact) mass is 185 g/mol. The molecule has 1 aromatic rings. The standard InChI is InChI=1S/C8H15N3S/c1-5(2)7-6(9)8(12-4)11(3)10-7/h5H,9H2,1-4H3. The predicted octanol–water partition coefficient (Wildman–Crippen LogP) is 1.85. The fraction of sp³-hybridized carbons (Fsp3) is 0.625. The molecule has 0 aliphatic rings. The molecule has 0 fully saturated rings. The molecule has 0 spiro atoms. The Morgan fingerprint density at radius 3 is 2.33 bits per heavy atom. The molecule has 0 bridgehead atoms. The summed E-state index contributed by atoms with van der Waals surface area (Å²) in [5.41, 5.74) is 7.75. The summed E-state index contributed by atoms with van der Waals surface area (Å²) in [6, 6.07) is 0. The summed E-state index contributed by atoms with van der Waals surface area (Å²) in [4.78, 5) is 0. The molecule has 0 amide bonds. The largest absolute Gasteiger partial charge is 0.395 e. The van der Waals surface area contributed by atoms with E-state index < -0.39 is 0 Å². The Bertz CT molecular complexity index is 278. The van der Waals surface area contributed by atoms with E-state index in [9.17, 15) is 0 Å². The smallest absolute Gasteiger partial charge is 0.117 e. The minimum absolute atomic E-state index is 0.400. The normalized spacial score (nSPS) is 11.1. The topological polar surface area (TPSA) is 43.8 Å². The van der Waals surface area contributed by atoms with E-state index in [1.807, 2.05) is 18.0 Å². The quantitative estimate of drug-likeness (QED) is 0.715. The van der Waals surface area contributed by atoms with E-state index >= 15 is 0 Å². The molecule has 68 valence electrons. The molecule has 12 heavy (non-hydrogen) atoms. The molecule has 0 unspecified atom stereocenters. The van der Waals surface area contributed by atoms with Crippen LogP contribution in [-0.4, -0.2) is 16.0 Å². The van der Waals surface area contributed by atoms with Crippen LogP contribution in [0.25, 0.3) is 0 Å². The zero-order chi connectivity index (χ0) is 9.30. The fourth-order valence-corrected chi connectivity index (χ4v) is 1.84. The van der Waals surface area contributed by atoms with Gasteiger partial charge in [-0.2, -0.15) is 5.10 Å². The summed E-state index contributed by atoms with van der Waals surface area (Å²) in [6.07, 6.45) is 2.01. The molecule has 0 aliphatic carbocycles. The number of hydrogen-bond donors (Lipinski definition) is 1. The van der Waals surface area contributed by atoms with Crippen molar-refractivity contribution in [3.05, 3.63) is 5.69 Å². The second-order valence-corrected chi connectivity index (χ2v) is 3.88. The predicted molar refractivity (Wildman–Crippen MR) is 53.5 cm³/mol. The molecule has 0 saturated carbocycles. The number of anilines is 1. The lowest BCUT2D eigenvalue weighted by Gasteiger charge is -2.00. The highest BCUT2D eigenvalue weighted by Crippen LogP contribution is 2.29. The maximum Gasteiger partial charge on any atom is 0.117 e. The van der Waals surface area contributed by atoms with Gasteiger partial charge in [-0.05, 0) is 12.2 Å². The minimum Gasteiger partial charge on any atom is -0.395 e.